The molecule has 3 heteroatoms. The van der Waals surface area contributed by atoms with E-state index >= 15 is 0 Å². The first kappa shape index (κ1) is 8.88. The highest BCUT2D eigenvalue weighted by atomic mass is 16.3. The van der Waals surface area contributed by atoms with Gasteiger partial charge in [0.1, 0.15) is 0 Å². The van der Waals surface area contributed by atoms with Crippen molar-refractivity contribution in [3.8, 4) is 0 Å². The highest BCUT2D eigenvalue weighted by Crippen LogP contribution is 1.95. The second-order valence-corrected chi connectivity index (χ2v) is 2.15. The van der Waals surface area contributed by atoms with Crippen molar-refractivity contribution in [3.05, 3.63) is 0 Å². The standard InChI is InChI=1S/C6H15NO2/c1-5(9)6(7-2)3-4-8/h5-9H,3-4H2,1-2H3/t5-,6-/m1/s1. The Morgan fingerprint density at radius 2 is 2.11 bits per heavy atom. The Morgan fingerprint density at radius 3 is 2.22 bits per heavy atom. The maximum atomic E-state index is 8.97. The second kappa shape index (κ2) is 4.73. The molecular formula is C6H15NO2. The molecule has 0 aromatic carbocycles. The molecule has 0 amide bonds. The van der Waals surface area contributed by atoms with Gasteiger partial charge < -0.3 is 15.5 Å². The van der Waals surface area contributed by atoms with Crippen LogP contribution in [0.25, 0.3) is 0 Å². The first-order chi connectivity index (χ1) is 4.22. The Balaban J connectivity index is 3.41. The fourth-order valence-electron chi connectivity index (χ4n) is 0.766. The van der Waals surface area contributed by atoms with Gasteiger partial charge in [-0.05, 0) is 20.4 Å². The quantitative estimate of drug-likeness (QED) is 0.477. The first-order valence-electron chi connectivity index (χ1n) is 3.18. The summed E-state index contributed by atoms with van der Waals surface area (Å²) in [4.78, 5) is 0. The summed E-state index contributed by atoms with van der Waals surface area (Å²) in [7, 11) is 1.77. The van der Waals surface area contributed by atoms with Crippen LogP contribution in [-0.4, -0.2) is 36.0 Å². The zero-order valence-electron chi connectivity index (χ0n) is 5.96. The average molecular weight is 133 g/mol. The third kappa shape index (κ3) is 3.46. The molecule has 0 radical (unpaired) electrons. The predicted molar refractivity (Wildman–Crippen MR) is 36.2 cm³/mol. The number of rotatable bonds is 4. The van der Waals surface area contributed by atoms with E-state index in [1.165, 1.54) is 0 Å². The van der Waals surface area contributed by atoms with Crippen molar-refractivity contribution in [2.75, 3.05) is 13.7 Å². The lowest BCUT2D eigenvalue weighted by atomic mass is 10.1. The summed E-state index contributed by atoms with van der Waals surface area (Å²) in [5, 5.41) is 20.3. The number of nitrogens with one attached hydrogen (secondary N) is 1. The van der Waals surface area contributed by atoms with Crippen molar-refractivity contribution in [3.63, 3.8) is 0 Å². The van der Waals surface area contributed by atoms with Gasteiger partial charge in [-0.3, -0.25) is 0 Å². The molecule has 3 nitrogen and oxygen atoms in total. The van der Waals surface area contributed by atoms with Gasteiger partial charge in [0.15, 0.2) is 0 Å². The predicted octanol–water partition coefficient (Wildman–Crippen LogP) is -0.662. The summed E-state index contributed by atoms with van der Waals surface area (Å²) in [6.45, 7) is 1.83. The van der Waals surface area contributed by atoms with Gasteiger partial charge in [-0.15, -0.1) is 0 Å². The zero-order valence-corrected chi connectivity index (χ0v) is 5.96. The number of aliphatic hydroxyl groups excluding tert-OH is 2. The molecule has 3 N–H and O–H groups in total. The monoisotopic (exact) mass is 133 g/mol. The third-order valence-corrected chi connectivity index (χ3v) is 1.39. The van der Waals surface area contributed by atoms with Crippen LogP contribution in [0.3, 0.4) is 0 Å². The van der Waals surface area contributed by atoms with Gasteiger partial charge in [0.25, 0.3) is 0 Å². The molecule has 0 unspecified atom stereocenters. The lowest BCUT2D eigenvalue weighted by Crippen LogP contribution is -2.36. The van der Waals surface area contributed by atoms with E-state index in [0.29, 0.717) is 6.42 Å². The van der Waals surface area contributed by atoms with Crippen molar-refractivity contribution < 1.29 is 10.2 Å². The molecule has 9 heavy (non-hydrogen) atoms. The van der Waals surface area contributed by atoms with Crippen LogP contribution in [0.2, 0.25) is 0 Å². The van der Waals surface area contributed by atoms with E-state index in [-0.39, 0.29) is 18.8 Å². The van der Waals surface area contributed by atoms with E-state index in [9.17, 15) is 0 Å². The van der Waals surface area contributed by atoms with Crippen LogP contribution in [0.1, 0.15) is 13.3 Å². The molecule has 0 bridgehead atoms. The average Bonchev–Trinajstić information content (AvgIpc) is 1.82. The van der Waals surface area contributed by atoms with Crippen molar-refractivity contribution in [1.82, 2.24) is 5.32 Å². The summed E-state index contributed by atoms with van der Waals surface area (Å²) in [6.07, 6.45) is 0.218. The highest BCUT2D eigenvalue weighted by Gasteiger charge is 2.09. The van der Waals surface area contributed by atoms with E-state index in [1.807, 2.05) is 0 Å². The minimum absolute atomic E-state index is 0.0231. The number of hydrogen-bond donors (Lipinski definition) is 3. The maximum absolute atomic E-state index is 8.97. The molecular weight excluding hydrogens is 118 g/mol. The molecule has 0 heterocycles. The molecule has 0 saturated heterocycles. The second-order valence-electron chi connectivity index (χ2n) is 2.15. The fourth-order valence-corrected chi connectivity index (χ4v) is 0.766. The van der Waals surface area contributed by atoms with Crippen molar-refractivity contribution in [2.24, 2.45) is 0 Å². The van der Waals surface area contributed by atoms with Crippen molar-refractivity contribution in [1.29, 1.82) is 0 Å². The van der Waals surface area contributed by atoms with Crippen LogP contribution >= 0.6 is 0 Å². The minimum Gasteiger partial charge on any atom is -0.396 e. The summed E-state index contributed by atoms with van der Waals surface area (Å²) in [5.41, 5.74) is 0. The Bertz CT molecular complexity index is 66.1. The van der Waals surface area contributed by atoms with Crippen LogP contribution in [0.4, 0.5) is 0 Å². The van der Waals surface area contributed by atoms with Gasteiger partial charge in [0.2, 0.25) is 0 Å². The van der Waals surface area contributed by atoms with Crippen molar-refractivity contribution in [2.45, 2.75) is 25.5 Å². The Morgan fingerprint density at radius 1 is 1.56 bits per heavy atom. The maximum Gasteiger partial charge on any atom is 0.0665 e. The van der Waals surface area contributed by atoms with Gasteiger partial charge in [-0.1, -0.05) is 0 Å². The normalized spacial score (nSPS) is 17.3. The van der Waals surface area contributed by atoms with Gasteiger partial charge in [0, 0.05) is 12.6 Å². The van der Waals surface area contributed by atoms with E-state index in [4.69, 9.17) is 10.2 Å². The number of likely N-dealkylation sites (N-methyl/N-ethyl adjacent to an activating group) is 1. The van der Waals surface area contributed by atoms with Crippen LogP contribution in [-0.2, 0) is 0 Å². The third-order valence-electron chi connectivity index (χ3n) is 1.39. The van der Waals surface area contributed by atoms with Crippen LogP contribution in [0.5, 0.6) is 0 Å². The van der Waals surface area contributed by atoms with Crippen LogP contribution in [0.15, 0.2) is 0 Å². The molecule has 0 aromatic rings. The van der Waals surface area contributed by atoms with Crippen LogP contribution in [0, 0.1) is 0 Å². The molecule has 56 valence electrons. The molecule has 0 fully saturated rings. The highest BCUT2D eigenvalue weighted by molar-refractivity contribution is 4.68. The molecule has 2 atom stereocenters. The van der Waals surface area contributed by atoms with E-state index in [1.54, 1.807) is 14.0 Å². The first-order valence-corrected chi connectivity index (χ1v) is 3.18. The van der Waals surface area contributed by atoms with Gasteiger partial charge >= 0.3 is 0 Å². The SMILES string of the molecule is CN[C@H](CCO)[C@@H](C)O. The summed E-state index contributed by atoms with van der Waals surface area (Å²) < 4.78 is 0. The number of aliphatic hydroxyl groups is 2. The Labute approximate surface area is 55.7 Å². The molecule has 0 spiro atoms. The Kier molecular flexibility index (Phi) is 4.67. The summed E-state index contributed by atoms with van der Waals surface area (Å²) >= 11 is 0. The summed E-state index contributed by atoms with van der Waals surface area (Å²) in [5.74, 6) is 0. The molecule has 0 aliphatic rings. The lowest BCUT2D eigenvalue weighted by molar-refractivity contribution is 0.130. The molecule has 0 rings (SSSR count). The topological polar surface area (TPSA) is 52.5 Å². The van der Waals surface area contributed by atoms with Gasteiger partial charge in [-0.25, -0.2) is 0 Å². The molecule has 0 aromatic heterocycles. The van der Waals surface area contributed by atoms with E-state index < -0.39 is 0 Å². The van der Waals surface area contributed by atoms with Gasteiger partial charge in [0.05, 0.1) is 6.10 Å². The molecule has 0 aliphatic carbocycles. The minimum atomic E-state index is -0.387. The van der Waals surface area contributed by atoms with Crippen molar-refractivity contribution >= 4 is 0 Å². The van der Waals surface area contributed by atoms with Crippen LogP contribution < -0.4 is 5.32 Å². The largest absolute Gasteiger partial charge is 0.396 e. The smallest absolute Gasteiger partial charge is 0.0665 e. The fraction of sp³-hybridized carbons (Fsp3) is 1.00. The summed E-state index contributed by atoms with van der Waals surface area (Å²) in [6, 6.07) is 0.0231. The zero-order chi connectivity index (χ0) is 7.28. The van der Waals surface area contributed by atoms with E-state index in [2.05, 4.69) is 5.32 Å². The number of hydrogen-bond acceptors (Lipinski definition) is 3. The van der Waals surface area contributed by atoms with Gasteiger partial charge in [-0.2, -0.15) is 0 Å². The lowest BCUT2D eigenvalue weighted by Gasteiger charge is -2.17. The molecule has 0 aliphatic heterocycles. The van der Waals surface area contributed by atoms with E-state index in [0.717, 1.165) is 0 Å². The Hall–Kier alpha value is -0.120. The molecule has 0 saturated carbocycles.